The summed E-state index contributed by atoms with van der Waals surface area (Å²) in [6, 6.07) is 4.44. The van der Waals surface area contributed by atoms with E-state index in [1.807, 2.05) is 0 Å². The number of esters is 2. The fraction of sp³-hybridized carbons (Fsp3) is 0.333. The summed E-state index contributed by atoms with van der Waals surface area (Å²) in [6.45, 7) is 4.09. The molecule has 0 radical (unpaired) electrons. The molecule has 0 aliphatic heterocycles. The molecule has 0 fully saturated rings. The molecule has 92 valence electrons. The van der Waals surface area contributed by atoms with Crippen molar-refractivity contribution >= 4 is 11.9 Å². The summed E-state index contributed by atoms with van der Waals surface area (Å²) in [5, 5.41) is 9.46. The molecule has 5 nitrogen and oxygen atoms in total. The molecule has 1 aromatic rings. The average Bonchev–Trinajstić information content (AvgIpc) is 2.14. The Morgan fingerprint density at radius 3 is 1.76 bits per heavy atom. The Morgan fingerprint density at radius 2 is 1.47 bits per heavy atom. The molecule has 0 saturated carbocycles. The zero-order chi connectivity index (χ0) is 13.0. The van der Waals surface area contributed by atoms with Gasteiger partial charge in [0.15, 0.2) is 0 Å². The quantitative estimate of drug-likeness (QED) is 0.639. The van der Waals surface area contributed by atoms with Crippen molar-refractivity contribution in [3.8, 4) is 11.5 Å². The summed E-state index contributed by atoms with van der Waals surface area (Å²) in [5.41, 5.74) is 0.500. The molecule has 0 spiro atoms. The molecule has 0 aromatic heterocycles. The van der Waals surface area contributed by atoms with Crippen molar-refractivity contribution in [1.29, 1.82) is 0 Å². The smallest absolute Gasteiger partial charge is 0.308 e. The third-order valence-corrected chi connectivity index (χ3v) is 1.91. The van der Waals surface area contributed by atoms with Crippen LogP contribution in [0.3, 0.4) is 0 Å². The number of aliphatic hydroxyl groups is 1. The number of rotatable bonds is 3. The maximum atomic E-state index is 10.8. The van der Waals surface area contributed by atoms with Crippen LogP contribution in [0.4, 0.5) is 0 Å². The molecule has 0 amide bonds. The highest BCUT2D eigenvalue weighted by atomic mass is 16.5. The van der Waals surface area contributed by atoms with Gasteiger partial charge in [-0.25, -0.2) is 0 Å². The van der Waals surface area contributed by atoms with Crippen LogP contribution in [0.2, 0.25) is 0 Å². The van der Waals surface area contributed by atoms with E-state index in [-0.39, 0.29) is 11.5 Å². The van der Waals surface area contributed by atoms with Crippen LogP contribution >= 0.6 is 0 Å². The lowest BCUT2D eigenvalue weighted by atomic mass is 10.1. The van der Waals surface area contributed by atoms with Crippen molar-refractivity contribution < 1.29 is 24.2 Å². The third kappa shape index (κ3) is 4.24. The minimum absolute atomic E-state index is 0.229. The highest BCUT2D eigenvalue weighted by molar-refractivity contribution is 5.71. The minimum atomic E-state index is -0.750. The Balaban J connectivity index is 3.08. The molecule has 0 saturated heterocycles. The zero-order valence-corrected chi connectivity index (χ0v) is 9.89. The summed E-state index contributed by atoms with van der Waals surface area (Å²) in [5.74, 6) is -0.512. The molecule has 0 heterocycles. The summed E-state index contributed by atoms with van der Waals surface area (Å²) in [4.78, 5) is 21.7. The van der Waals surface area contributed by atoms with Crippen LogP contribution in [0.15, 0.2) is 18.2 Å². The first-order valence-electron chi connectivity index (χ1n) is 5.08. The van der Waals surface area contributed by atoms with Crippen molar-refractivity contribution in [2.45, 2.75) is 26.9 Å². The van der Waals surface area contributed by atoms with Gasteiger partial charge in [0.05, 0.1) is 6.10 Å². The fourth-order valence-electron chi connectivity index (χ4n) is 1.28. The lowest BCUT2D eigenvalue weighted by Crippen LogP contribution is -2.05. The number of hydrogen-bond donors (Lipinski definition) is 1. The van der Waals surface area contributed by atoms with Gasteiger partial charge in [0.2, 0.25) is 0 Å². The van der Waals surface area contributed by atoms with Crippen LogP contribution in [0.1, 0.15) is 32.4 Å². The molecular formula is C12H14O5. The Labute approximate surface area is 99.0 Å². The van der Waals surface area contributed by atoms with E-state index in [0.29, 0.717) is 5.56 Å². The SMILES string of the molecule is CC(=O)Oc1cc(OC(C)=O)cc([C@@H](C)O)c1. The van der Waals surface area contributed by atoms with E-state index in [0.717, 1.165) is 0 Å². The molecule has 1 aromatic carbocycles. The monoisotopic (exact) mass is 238 g/mol. The van der Waals surface area contributed by atoms with E-state index in [4.69, 9.17) is 9.47 Å². The topological polar surface area (TPSA) is 72.8 Å². The van der Waals surface area contributed by atoms with Gasteiger partial charge < -0.3 is 14.6 Å². The van der Waals surface area contributed by atoms with Gasteiger partial charge in [0.25, 0.3) is 0 Å². The molecule has 0 unspecified atom stereocenters. The lowest BCUT2D eigenvalue weighted by molar-refractivity contribution is -0.132. The van der Waals surface area contributed by atoms with Crippen LogP contribution in [-0.2, 0) is 9.59 Å². The number of hydrogen-bond acceptors (Lipinski definition) is 5. The van der Waals surface area contributed by atoms with Crippen molar-refractivity contribution in [3.63, 3.8) is 0 Å². The van der Waals surface area contributed by atoms with Crippen molar-refractivity contribution in [3.05, 3.63) is 23.8 Å². The Morgan fingerprint density at radius 1 is 1.06 bits per heavy atom. The van der Waals surface area contributed by atoms with Gasteiger partial charge in [-0.3, -0.25) is 9.59 Å². The number of ether oxygens (including phenoxy) is 2. The van der Waals surface area contributed by atoms with Crippen molar-refractivity contribution in [2.24, 2.45) is 0 Å². The minimum Gasteiger partial charge on any atom is -0.427 e. The first-order valence-corrected chi connectivity index (χ1v) is 5.08. The van der Waals surface area contributed by atoms with Gasteiger partial charge >= 0.3 is 11.9 Å². The molecule has 17 heavy (non-hydrogen) atoms. The van der Waals surface area contributed by atoms with E-state index >= 15 is 0 Å². The van der Waals surface area contributed by atoms with Gasteiger partial charge in [0.1, 0.15) is 11.5 Å². The maximum Gasteiger partial charge on any atom is 0.308 e. The fourth-order valence-corrected chi connectivity index (χ4v) is 1.28. The number of aliphatic hydroxyl groups excluding tert-OH is 1. The number of carbonyl (C=O) groups excluding carboxylic acids is 2. The van der Waals surface area contributed by atoms with E-state index in [9.17, 15) is 14.7 Å². The molecular weight excluding hydrogens is 224 g/mol. The predicted molar refractivity (Wildman–Crippen MR) is 59.7 cm³/mol. The first-order chi connectivity index (χ1) is 7.88. The summed E-state index contributed by atoms with van der Waals surface area (Å²) in [6.07, 6.45) is -0.750. The molecule has 1 N–H and O–H groups in total. The zero-order valence-electron chi connectivity index (χ0n) is 9.89. The van der Waals surface area contributed by atoms with Gasteiger partial charge in [-0.2, -0.15) is 0 Å². The van der Waals surface area contributed by atoms with Gasteiger partial charge in [-0.1, -0.05) is 0 Å². The van der Waals surface area contributed by atoms with Crippen LogP contribution in [0.5, 0.6) is 11.5 Å². The molecule has 1 rings (SSSR count). The van der Waals surface area contributed by atoms with Gasteiger partial charge in [0, 0.05) is 19.9 Å². The van der Waals surface area contributed by atoms with E-state index in [1.165, 1.54) is 32.0 Å². The Bertz CT molecular complexity index is 402. The Hall–Kier alpha value is -1.88. The summed E-state index contributed by atoms with van der Waals surface area (Å²) >= 11 is 0. The highest BCUT2D eigenvalue weighted by Gasteiger charge is 2.09. The van der Waals surface area contributed by atoms with Crippen LogP contribution < -0.4 is 9.47 Å². The highest BCUT2D eigenvalue weighted by Crippen LogP contribution is 2.26. The van der Waals surface area contributed by atoms with Gasteiger partial charge in [-0.05, 0) is 24.6 Å². The summed E-state index contributed by atoms with van der Waals surface area (Å²) < 4.78 is 9.77. The second kappa shape index (κ2) is 5.45. The van der Waals surface area contributed by atoms with Crippen LogP contribution in [0.25, 0.3) is 0 Å². The average molecular weight is 238 g/mol. The van der Waals surface area contributed by atoms with E-state index < -0.39 is 18.0 Å². The van der Waals surface area contributed by atoms with Gasteiger partial charge in [-0.15, -0.1) is 0 Å². The maximum absolute atomic E-state index is 10.8. The molecule has 1 atom stereocenters. The molecule has 0 bridgehead atoms. The molecule has 5 heteroatoms. The van der Waals surface area contributed by atoms with Crippen molar-refractivity contribution in [2.75, 3.05) is 0 Å². The van der Waals surface area contributed by atoms with E-state index in [2.05, 4.69) is 0 Å². The van der Waals surface area contributed by atoms with Crippen molar-refractivity contribution in [1.82, 2.24) is 0 Å². The molecule has 0 aliphatic rings. The number of benzene rings is 1. The second-order valence-electron chi connectivity index (χ2n) is 3.60. The summed E-state index contributed by atoms with van der Waals surface area (Å²) in [7, 11) is 0. The normalized spacial score (nSPS) is 11.8. The third-order valence-electron chi connectivity index (χ3n) is 1.91. The lowest BCUT2D eigenvalue weighted by Gasteiger charge is -2.10. The van der Waals surface area contributed by atoms with Crippen LogP contribution in [0, 0.1) is 0 Å². The van der Waals surface area contributed by atoms with Crippen LogP contribution in [-0.4, -0.2) is 17.0 Å². The largest absolute Gasteiger partial charge is 0.427 e. The second-order valence-corrected chi connectivity index (χ2v) is 3.60. The standard InChI is InChI=1S/C12H14O5/c1-7(13)10-4-11(16-8(2)14)6-12(5-10)17-9(3)15/h4-7,13H,1-3H3/t7-/m1/s1. The predicted octanol–water partition coefficient (Wildman–Crippen LogP) is 1.59. The van der Waals surface area contributed by atoms with E-state index in [1.54, 1.807) is 6.92 Å². The first kappa shape index (κ1) is 13.2. The number of carbonyl (C=O) groups is 2. The Kier molecular flexibility index (Phi) is 4.23. The molecule has 0 aliphatic carbocycles.